The molecule has 6 nitrogen and oxygen atoms in total. The van der Waals surface area contributed by atoms with Crippen LogP contribution in [-0.2, 0) is 6.54 Å². The lowest BCUT2D eigenvalue weighted by Crippen LogP contribution is -2.41. The number of ether oxygens (including phenoxy) is 3. The fourth-order valence-electron chi connectivity index (χ4n) is 2.42. The van der Waals surface area contributed by atoms with Gasteiger partial charge in [0.15, 0.2) is 17.5 Å². The predicted octanol–water partition coefficient (Wildman–Crippen LogP) is 2.98. The number of methoxy groups -OCH3 is 2. The normalized spacial score (nSPS) is 12.3. The lowest BCUT2D eigenvalue weighted by Gasteiger charge is -2.18. The van der Waals surface area contributed by atoms with E-state index in [0.29, 0.717) is 36.3 Å². The second kappa shape index (κ2) is 10.3. The van der Waals surface area contributed by atoms with Crippen LogP contribution in [0.25, 0.3) is 0 Å². The SMILES string of the molecule is CN=C(NCc1ccc(OC)c(OC)c1)NCC(C)Oc1ccc(F)cc1. The molecule has 0 heterocycles. The molecule has 7 heteroatoms. The summed E-state index contributed by atoms with van der Waals surface area (Å²) in [6.45, 7) is 3.05. The van der Waals surface area contributed by atoms with Gasteiger partial charge in [-0.3, -0.25) is 4.99 Å². The highest BCUT2D eigenvalue weighted by Gasteiger charge is 2.08. The third-order valence-corrected chi connectivity index (χ3v) is 3.84. The summed E-state index contributed by atoms with van der Waals surface area (Å²) in [5, 5.41) is 6.44. The summed E-state index contributed by atoms with van der Waals surface area (Å²) in [5.41, 5.74) is 1.03. The van der Waals surface area contributed by atoms with Gasteiger partial charge in [0.25, 0.3) is 0 Å². The fraction of sp³-hybridized carbons (Fsp3) is 0.350. The number of nitrogens with one attached hydrogen (secondary N) is 2. The number of rotatable bonds is 8. The van der Waals surface area contributed by atoms with E-state index in [9.17, 15) is 4.39 Å². The first kappa shape index (κ1) is 20.4. The first-order valence-corrected chi connectivity index (χ1v) is 8.63. The van der Waals surface area contributed by atoms with Crippen LogP contribution in [0.5, 0.6) is 17.2 Å². The number of halogens is 1. The molecule has 2 rings (SSSR count). The molecule has 0 aliphatic heterocycles. The van der Waals surface area contributed by atoms with Crippen LogP contribution in [0, 0.1) is 5.82 Å². The van der Waals surface area contributed by atoms with E-state index in [1.807, 2.05) is 25.1 Å². The number of aliphatic imine (C=N–C) groups is 1. The molecule has 1 unspecified atom stereocenters. The lowest BCUT2D eigenvalue weighted by molar-refractivity contribution is 0.223. The highest BCUT2D eigenvalue weighted by atomic mass is 19.1. The van der Waals surface area contributed by atoms with Gasteiger partial charge in [-0.05, 0) is 48.9 Å². The third kappa shape index (κ3) is 6.36. The summed E-state index contributed by atoms with van der Waals surface area (Å²) >= 11 is 0. The Bertz CT molecular complexity index is 751. The minimum Gasteiger partial charge on any atom is -0.493 e. The Balaban J connectivity index is 1.82. The second-order valence-corrected chi connectivity index (χ2v) is 5.88. The lowest BCUT2D eigenvalue weighted by atomic mass is 10.2. The Morgan fingerprint density at radius 2 is 1.74 bits per heavy atom. The van der Waals surface area contributed by atoms with Gasteiger partial charge in [-0.25, -0.2) is 4.39 Å². The van der Waals surface area contributed by atoms with Gasteiger partial charge in [0.1, 0.15) is 17.7 Å². The zero-order chi connectivity index (χ0) is 19.6. The van der Waals surface area contributed by atoms with Gasteiger partial charge in [-0.2, -0.15) is 0 Å². The number of hydrogen-bond donors (Lipinski definition) is 2. The van der Waals surface area contributed by atoms with Crippen molar-refractivity contribution in [2.24, 2.45) is 4.99 Å². The summed E-state index contributed by atoms with van der Waals surface area (Å²) < 4.78 is 29.2. The maximum atomic E-state index is 12.9. The predicted molar refractivity (Wildman–Crippen MR) is 104 cm³/mol. The largest absolute Gasteiger partial charge is 0.493 e. The van der Waals surface area contributed by atoms with Crippen molar-refractivity contribution >= 4 is 5.96 Å². The minimum absolute atomic E-state index is 0.116. The number of hydrogen-bond acceptors (Lipinski definition) is 4. The van der Waals surface area contributed by atoms with Crippen molar-refractivity contribution in [1.29, 1.82) is 0 Å². The molecule has 2 aromatic carbocycles. The van der Waals surface area contributed by atoms with Gasteiger partial charge in [-0.15, -0.1) is 0 Å². The van der Waals surface area contributed by atoms with E-state index >= 15 is 0 Å². The zero-order valence-electron chi connectivity index (χ0n) is 16.1. The molecular formula is C20H26FN3O3. The maximum absolute atomic E-state index is 12.9. The summed E-state index contributed by atoms with van der Waals surface area (Å²) in [6.07, 6.45) is -0.116. The first-order valence-electron chi connectivity index (χ1n) is 8.63. The van der Waals surface area contributed by atoms with E-state index in [0.717, 1.165) is 5.56 Å². The average molecular weight is 375 g/mol. The molecule has 27 heavy (non-hydrogen) atoms. The van der Waals surface area contributed by atoms with Crippen molar-refractivity contribution in [3.05, 3.63) is 53.8 Å². The Labute approximate surface area is 159 Å². The second-order valence-electron chi connectivity index (χ2n) is 5.88. The summed E-state index contributed by atoms with van der Waals surface area (Å²) in [5.74, 6) is 2.36. The molecule has 0 spiro atoms. The van der Waals surface area contributed by atoms with Crippen LogP contribution in [0.2, 0.25) is 0 Å². The van der Waals surface area contributed by atoms with Gasteiger partial charge in [0.2, 0.25) is 0 Å². The van der Waals surface area contributed by atoms with E-state index in [1.54, 1.807) is 33.4 Å². The molecule has 2 aromatic rings. The minimum atomic E-state index is -0.284. The summed E-state index contributed by atoms with van der Waals surface area (Å²) in [6, 6.07) is 11.7. The molecule has 0 aliphatic rings. The Kier molecular flexibility index (Phi) is 7.73. The van der Waals surface area contributed by atoms with E-state index in [4.69, 9.17) is 14.2 Å². The van der Waals surface area contributed by atoms with Crippen LogP contribution in [0.3, 0.4) is 0 Å². The Morgan fingerprint density at radius 3 is 2.37 bits per heavy atom. The quantitative estimate of drug-likeness (QED) is 0.549. The van der Waals surface area contributed by atoms with E-state index in [1.165, 1.54) is 12.1 Å². The van der Waals surface area contributed by atoms with E-state index in [2.05, 4.69) is 15.6 Å². The van der Waals surface area contributed by atoms with Gasteiger partial charge in [-0.1, -0.05) is 6.07 Å². The van der Waals surface area contributed by atoms with Gasteiger partial charge >= 0.3 is 0 Å². The molecule has 0 radical (unpaired) electrons. The van der Waals surface area contributed by atoms with Crippen molar-refractivity contribution in [1.82, 2.24) is 10.6 Å². The molecule has 0 fully saturated rings. The highest BCUT2D eigenvalue weighted by molar-refractivity contribution is 5.79. The Morgan fingerprint density at radius 1 is 1.04 bits per heavy atom. The molecule has 0 aromatic heterocycles. The van der Waals surface area contributed by atoms with Crippen molar-refractivity contribution in [2.75, 3.05) is 27.8 Å². The van der Waals surface area contributed by atoms with Crippen LogP contribution in [-0.4, -0.2) is 39.9 Å². The monoisotopic (exact) mass is 375 g/mol. The highest BCUT2D eigenvalue weighted by Crippen LogP contribution is 2.27. The molecule has 1 atom stereocenters. The number of guanidine groups is 1. The molecule has 2 N–H and O–H groups in total. The Hall–Kier alpha value is -2.96. The first-order chi connectivity index (χ1) is 13.0. The van der Waals surface area contributed by atoms with Gasteiger partial charge < -0.3 is 24.8 Å². The van der Waals surface area contributed by atoms with Crippen LogP contribution in [0.4, 0.5) is 4.39 Å². The van der Waals surface area contributed by atoms with Crippen molar-refractivity contribution in [2.45, 2.75) is 19.6 Å². The smallest absolute Gasteiger partial charge is 0.191 e. The number of nitrogens with zero attached hydrogens (tertiary/aromatic N) is 1. The van der Waals surface area contributed by atoms with Gasteiger partial charge in [0, 0.05) is 13.6 Å². The van der Waals surface area contributed by atoms with Crippen LogP contribution >= 0.6 is 0 Å². The van der Waals surface area contributed by atoms with Crippen LogP contribution in [0.15, 0.2) is 47.5 Å². The van der Waals surface area contributed by atoms with Crippen LogP contribution in [0.1, 0.15) is 12.5 Å². The standard InChI is InChI=1S/C20H26FN3O3/c1-14(27-17-8-6-16(21)7-9-17)12-23-20(22-2)24-13-15-5-10-18(25-3)19(11-15)26-4/h5-11,14H,12-13H2,1-4H3,(H2,22,23,24). The maximum Gasteiger partial charge on any atom is 0.191 e. The molecule has 0 saturated heterocycles. The molecule has 0 amide bonds. The summed E-state index contributed by atoms with van der Waals surface area (Å²) in [7, 11) is 4.92. The molecule has 0 aliphatic carbocycles. The van der Waals surface area contributed by atoms with Crippen molar-refractivity contribution in [3.63, 3.8) is 0 Å². The van der Waals surface area contributed by atoms with Crippen LogP contribution < -0.4 is 24.8 Å². The fourth-order valence-corrected chi connectivity index (χ4v) is 2.42. The van der Waals surface area contributed by atoms with Crippen molar-refractivity contribution < 1.29 is 18.6 Å². The van der Waals surface area contributed by atoms with Gasteiger partial charge in [0.05, 0.1) is 20.8 Å². The average Bonchev–Trinajstić information content (AvgIpc) is 2.69. The zero-order valence-corrected chi connectivity index (χ0v) is 16.1. The molecule has 0 bridgehead atoms. The topological polar surface area (TPSA) is 64.1 Å². The molecule has 0 saturated carbocycles. The summed E-state index contributed by atoms with van der Waals surface area (Å²) in [4.78, 5) is 4.20. The molecule has 146 valence electrons. The number of benzene rings is 2. The van der Waals surface area contributed by atoms with Crippen molar-refractivity contribution in [3.8, 4) is 17.2 Å². The third-order valence-electron chi connectivity index (χ3n) is 3.84. The van der Waals surface area contributed by atoms with E-state index < -0.39 is 0 Å². The van der Waals surface area contributed by atoms with E-state index in [-0.39, 0.29) is 11.9 Å². The molecular weight excluding hydrogens is 349 g/mol.